The molecule has 1 aliphatic carbocycles. The highest BCUT2D eigenvalue weighted by molar-refractivity contribution is 6.40. The zero-order chi connectivity index (χ0) is 19.4. The van der Waals surface area contributed by atoms with Gasteiger partial charge in [-0.05, 0) is 37.4 Å². The van der Waals surface area contributed by atoms with Crippen molar-refractivity contribution in [3.05, 3.63) is 0 Å². The summed E-state index contributed by atoms with van der Waals surface area (Å²) in [5.74, 6) is -1.64. The van der Waals surface area contributed by atoms with Crippen molar-refractivity contribution in [2.45, 2.75) is 57.4 Å². The molecule has 0 aromatic rings. The van der Waals surface area contributed by atoms with Crippen LogP contribution in [0.2, 0.25) is 6.32 Å². The summed E-state index contributed by atoms with van der Waals surface area (Å²) in [7, 11) is 0.233. The van der Waals surface area contributed by atoms with Crippen LogP contribution in [0.15, 0.2) is 0 Å². The molecular formula is C16H32BN3O5. The summed E-state index contributed by atoms with van der Waals surface area (Å²) in [4.78, 5) is 25.6. The molecule has 0 aromatic carbocycles. The minimum absolute atomic E-state index is 0.00213. The van der Waals surface area contributed by atoms with Crippen LogP contribution in [0, 0.1) is 17.8 Å². The molecule has 0 unspecified atom stereocenters. The van der Waals surface area contributed by atoms with E-state index in [2.05, 4.69) is 0 Å². The fraction of sp³-hybridized carbons (Fsp3) is 0.875. The topological polar surface area (TPSA) is 150 Å². The van der Waals surface area contributed by atoms with Gasteiger partial charge in [0.05, 0.1) is 6.04 Å². The van der Waals surface area contributed by atoms with Gasteiger partial charge in [0.25, 0.3) is 0 Å². The van der Waals surface area contributed by atoms with Gasteiger partial charge in [0.1, 0.15) is 5.54 Å². The van der Waals surface area contributed by atoms with Crippen LogP contribution < -0.4 is 11.5 Å². The van der Waals surface area contributed by atoms with Crippen molar-refractivity contribution in [1.82, 2.24) is 4.90 Å². The molecule has 8 nitrogen and oxygen atoms in total. The monoisotopic (exact) mass is 357 g/mol. The number of rotatable bonds is 8. The van der Waals surface area contributed by atoms with Gasteiger partial charge < -0.3 is 31.5 Å². The molecule has 0 aliphatic heterocycles. The third-order valence-corrected chi connectivity index (χ3v) is 5.38. The molecule has 7 N–H and O–H groups in total. The Morgan fingerprint density at radius 1 is 1.32 bits per heavy atom. The number of carboxylic acids is 1. The first kappa shape index (κ1) is 21.9. The van der Waals surface area contributed by atoms with E-state index in [0.717, 1.165) is 6.42 Å². The summed E-state index contributed by atoms with van der Waals surface area (Å²) < 4.78 is 0. The van der Waals surface area contributed by atoms with E-state index in [4.69, 9.17) is 21.5 Å². The molecule has 0 bridgehead atoms. The Kier molecular flexibility index (Phi) is 7.86. The number of aliphatic carboxylic acids is 1. The van der Waals surface area contributed by atoms with Crippen LogP contribution in [0.4, 0.5) is 0 Å². The Hall–Kier alpha value is -1.16. The quantitative estimate of drug-likeness (QED) is 0.367. The first-order chi connectivity index (χ1) is 11.5. The van der Waals surface area contributed by atoms with Gasteiger partial charge in [-0.2, -0.15) is 0 Å². The standard InChI is InChI=1S/C16H32BN3O5/c1-10(2)13(18)14(21)20(3)9-12-5-4-11(6-7-17(24)25)8-16(12,19)15(22)23/h10-13,24-25H,4-9,18-19H2,1-3H3,(H,22,23)/t11-,12-,13-,16+/m0/s1. The second-order valence-electron chi connectivity index (χ2n) is 7.74. The molecule has 0 spiro atoms. The molecule has 1 rings (SSSR count). The number of nitrogens with two attached hydrogens (primary N) is 2. The molecule has 0 saturated heterocycles. The van der Waals surface area contributed by atoms with Crippen LogP contribution in [0.3, 0.4) is 0 Å². The molecule has 0 aromatic heterocycles. The molecular weight excluding hydrogens is 325 g/mol. The van der Waals surface area contributed by atoms with Crippen LogP contribution in [-0.2, 0) is 9.59 Å². The smallest absolute Gasteiger partial charge is 0.451 e. The van der Waals surface area contributed by atoms with Gasteiger partial charge in [0.2, 0.25) is 5.91 Å². The Balaban J connectivity index is 2.78. The average Bonchev–Trinajstić information content (AvgIpc) is 2.53. The second kappa shape index (κ2) is 8.98. The molecule has 1 aliphatic rings. The Labute approximate surface area is 149 Å². The largest absolute Gasteiger partial charge is 0.480 e. The zero-order valence-electron chi connectivity index (χ0n) is 15.4. The summed E-state index contributed by atoms with van der Waals surface area (Å²) in [6.07, 6.45) is 2.31. The molecule has 1 fully saturated rings. The summed E-state index contributed by atoms with van der Waals surface area (Å²) in [5.41, 5.74) is 10.7. The van der Waals surface area contributed by atoms with Crippen LogP contribution in [0.1, 0.15) is 39.5 Å². The third kappa shape index (κ3) is 5.67. The Morgan fingerprint density at radius 3 is 2.40 bits per heavy atom. The molecule has 144 valence electrons. The number of hydrogen-bond donors (Lipinski definition) is 5. The number of amides is 1. The predicted octanol–water partition coefficient (Wildman–Crippen LogP) is -0.511. The number of nitrogens with zero attached hydrogens (tertiary/aromatic N) is 1. The second-order valence-corrected chi connectivity index (χ2v) is 7.74. The number of carboxylic acid groups (broad SMARTS) is 1. The molecule has 4 atom stereocenters. The third-order valence-electron chi connectivity index (χ3n) is 5.38. The van der Waals surface area contributed by atoms with E-state index in [1.807, 2.05) is 13.8 Å². The van der Waals surface area contributed by atoms with Gasteiger partial charge in [-0.15, -0.1) is 0 Å². The van der Waals surface area contributed by atoms with Crippen molar-refractivity contribution in [3.63, 3.8) is 0 Å². The minimum atomic E-state index is -1.43. The fourth-order valence-corrected chi connectivity index (χ4v) is 3.55. The maximum absolute atomic E-state index is 12.3. The normalized spacial score (nSPS) is 27.8. The van der Waals surface area contributed by atoms with E-state index in [1.165, 1.54) is 4.90 Å². The van der Waals surface area contributed by atoms with Crippen LogP contribution in [0.25, 0.3) is 0 Å². The fourth-order valence-electron chi connectivity index (χ4n) is 3.55. The maximum atomic E-state index is 12.3. The van der Waals surface area contributed by atoms with Crippen LogP contribution in [-0.4, -0.2) is 64.2 Å². The van der Waals surface area contributed by atoms with Gasteiger partial charge in [0.15, 0.2) is 0 Å². The molecule has 0 radical (unpaired) electrons. The van der Waals surface area contributed by atoms with Crippen molar-refractivity contribution in [2.24, 2.45) is 29.2 Å². The molecule has 1 amide bonds. The summed E-state index contributed by atoms with van der Waals surface area (Å²) in [5, 5.41) is 27.7. The van der Waals surface area contributed by atoms with E-state index < -0.39 is 24.7 Å². The first-order valence-electron chi connectivity index (χ1n) is 8.88. The molecule has 25 heavy (non-hydrogen) atoms. The van der Waals surface area contributed by atoms with E-state index in [0.29, 0.717) is 12.8 Å². The van der Waals surface area contributed by atoms with Crippen molar-refractivity contribution in [2.75, 3.05) is 13.6 Å². The van der Waals surface area contributed by atoms with Gasteiger partial charge in [-0.3, -0.25) is 9.59 Å². The van der Waals surface area contributed by atoms with E-state index in [1.54, 1.807) is 7.05 Å². The van der Waals surface area contributed by atoms with Gasteiger partial charge in [-0.1, -0.05) is 20.3 Å². The SMILES string of the molecule is CC(C)[C@H](N)C(=O)N(C)C[C@@H]1CC[C@@H](CCB(O)O)C[C@]1(N)C(=O)O. The van der Waals surface area contributed by atoms with Crippen LogP contribution in [0.5, 0.6) is 0 Å². The van der Waals surface area contributed by atoms with E-state index in [9.17, 15) is 14.7 Å². The maximum Gasteiger partial charge on any atom is 0.451 e. The molecule has 1 saturated carbocycles. The number of carbonyl (C=O) groups excluding carboxylic acids is 1. The van der Waals surface area contributed by atoms with E-state index in [-0.39, 0.29) is 42.9 Å². The lowest BCUT2D eigenvalue weighted by atomic mass is 9.66. The van der Waals surface area contributed by atoms with Crippen molar-refractivity contribution in [1.29, 1.82) is 0 Å². The van der Waals surface area contributed by atoms with Crippen molar-refractivity contribution in [3.8, 4) is 0 Å². The van der Waals surface area contributed by atoms with E-state index >= 15 is 0 Å². The van der Waals surface area contributed by atoms with Gasteiger partial charge in [0, 0.05) is 19.5 Å². The molecule has 9 heteroatoms. The minimum Gasteiger partial charge on any atom is -0.480 e. The van der Waals surface area contributed by atoms with Crippen molar-refractivity contribution >= 4 is 19.0 Å². The first-order valence-corrected chi connectivity index (χ1v) is 8.88. The highest BCUT2D eigenvalue weighted by Gasteiger charge is 2.47. The lowest BCUT2D eigenvalue weighted by molar-refractivity contribution is -0.149. The lowest BCUT2D eigenvalue weighted by Gasteiger charge is -2.43. The van der Waals surface area contributed by atoms with Crippen molar-refractivity contribution < 1.29 is 24.7 Å². The highest BCUT2D eigenvalue weighted by Crippen LogP contribution is 2.38. The van der Waals surface area contributed by atoms with Crippen LogP contribution >= 0.6 is 0 Å². The Bertz CT molecular complexity index is 477. The highest BCUT2D eigenvalue weighted by atomic mass is 16.4. The Morgan fingerprint density at radius 2 is 1.92 bits per heavy atom. The number of carbonyl (C=O) groups is 2. The zero-order valence-corrected chi connectivity index (χ0v) is 15.4. The predicted molar refractivity (Wildman–Crippen MR) is 95.5 cm³/mol. The summed E-state index contributed by atoms with van der Waals surface area (Å²) in [6.45, 7) is 3.97. The van der Waals surface area contributed by atoms with Gasteiger partial charge >= 0.3 is 13.1 Å². The van der Waals surface area contributed by atoms with Gasteiger partial charge in [-0.25, -0.2) is 0 Å². The average molecular weight is 357 g/mol. The number of likely N-dealkylation sites (N-methyl/N-ethyl adjacent to an activating group) is 1. The molecule has 0 heterocycles. The number of hydrogen-bond acceptors (Lipinski definition) is 6. The summed E-state index contributed by atoms with van der Waals surface area (Å²) >= 11 is 0. The lowest BCUT2D eigenvalue weighted by Crippen LogP contribution is -2.60. The summed E-state index contributed by atoms with van der Waals surface area (Å²) in [6, 6.07) is -0.621.